The van der Waals surface area contributed by atoms with Crippen LogP contribution in [0.2, 0.25) is 0 Å². The third-order valence-corrected chi connectivity index (χ3v) is 3.85. The maximum atomic E-state index is 11.5. The van der Waals surface area contributed by atoms with Crippen molar-refractivity contribution in [2.45, 2.75) is 26.8 Å². The zero-order chi connectivity index (χ0) is 15.1. The molecule has 0 saturated carbocycles. The zero-order valence-electron chi connectivity index (χ0n) is 12.3. The number of carbonyl (C=O) groups is 1. The second-order valence-electron chi connectivity index (χ2n) is 4.44. The first-order valence-electron chi connectivity index (χ1n) is 6.97. The number of hydrogen-bond acceptors (Lipinski definition) is 6. The van der Waals surface area contributed by atoms with Gasteiger partial charge in [0, 0.05) is 18.1 Å². The summed E-state index contributed by atoms with van der Waals surface area (Å²) in [4.78, 5) is 22.5. The lowest BCUT2D eigenvalue weighted by Crippen LogP contribution is -2.22. The van der Waals surface area contributed by atoms with Crippen LogP contribution in [0.15, 0.2) is 29.8 Å². The highest BCUT2D eigenvalue weighted by Gasteiger charge is 2.13. The van der Waals surface area contributed by atoms with Crippen molar-refractivity contribution in [1.29, 1.82) is 0 Å². The normalized spacial score (nSPS) is 10.4. The molecule has 0 radical (unpaired) electrons. The SMILES string of the molecule is CCOC(=O)Cc1csc(N(CC)Cc2ccccn2)n1. The molecule has 0 fully saturated rings. The Bertz CT molecular complexity index is 571. The molecule has 0 aliphatic rings. The van der Waals surface area contributed by atoms with Crippen molar-refractivity contribution >= 4 is 22.4 Å². The monoisotopic (exact) mass is 305 g/mol. The summed E-state index contributed by atoms with van der Waals surface area (Å²) in [5, 5.41) is 2.82. The van der Waals surface area contributed by atoms with Gasteiger partial charge in [-0.15, -0.1) is 11.3 Å². The number of aromatic nitrogens is 2. The molecule has 0 aliphatic carbocycles. The molecule has 0 amide bonds. The summed E-state index contributed by atoms with van der Waals surface area (Å²) < 4.78 is 4.94. The van der Waals surface area contributed by atoms with Gasteiger partial charge >= 0.3 is 5.97 Å². The minimum atomic E-state index is -0.234. The summed E-state index contributed by atoms with van der Waals surface area (Å²) in [6.07, 6.45) is 2.02. The van der Waals surface area contributed by atoms with Crippen molar-refractivity contribution in [3.8, 4) is 0 Å². The quantitative estimate of drug-likeness (QED) is 0.736. The van der Waals surface area contributed by atoms with Crippen LogP contribution in [0.25, 0.3) is 0 Å². The van der Waals surface area contributed by atoms with E-state index in [-0.39, 0.29) is 12.4 Å². The first kappa shape index (κ1) is 15.4. The molecule has 0 saturated heterocycles. The van der Waals surface area contributed by atoms with Gasteiger partial charge in [-0.25, -0.2) is 4.98 Å². The fourth-order valence-electron chi connectivity index (χ4n) is 1.88. The van der Waals surface area contributed by atoms with Gasteiger partial charge in [0.2, 0.25) is 0 Å². The van der Waals surface area contributed by atoms with Crippen molar-refractivity contribution in [3.05, 3.63) is 41.2 Å². The molecule has 0 spiro atoms. The number of rotatable bonds is 7. The van der Waals surface area contributed by atoms with Crippen LogP contribution in [0, 0.1) is 0 Å². The number of hydrogen-bond donors (Lipinski definition) is 0. The van der Waals surface area contributed by atoms with Crippen LogP contribution in [0.4, 0.5) is 5.13 Å². The number of thiazole rings is 1. The maximum Gasteiger partial charge on any atom is 0.311 e. The number of anilines is 1. The summed E-state index contributed by atoms with van der Waals surface area (Å²) >= 11 is 1.54. The molecule has 5 nitrogen and oxygen atoms in total. The molecule has 0 aliphatic heterocycles. The van der Waals surface area contributed by atoms with E-state index < -0.39 is 0 Å². The highest BCUT2D eigenvalue weighted by molar-refractivity contribution is 7.13. The van der Waals surface area contributed by atoms with Crippen molar-refractivity contribution in [1.82, 2.24) is 9.97 Å². The van der Waals surface area contributed by atoms with E-state index in [4.69, 9.17) is 4.74 Å². The third kappa shape index (κ3) is 4.53. The van der Waals surface area contributed by atoms with Gasteiger partial charge < -0.3 is 9.64 Å². The number of esters is 1. The summed E-state index contributed by atoms with van der Waals surface area (Å²) in [5.41, 5.74) is 1.76. The number of carbonyl (C=O) groups excluding carboxylic acids is 1. The average Bonchev–Trinajstić information content (AvgIpc) is 2.94. The minimum absolute atomic E-state index is 0.228. The van der Waals surface area contributed by atoms with E-state index in [1.165, 1.54) is 0 Å². The maximum absolute atomic E-state index is 11.5. The second kappa shape index (κ2) is 7.73. The fourth-order valence-corrected chi connectivity index (χ4v) is 2.77. The highest BCUT2D eigenvalue weighted by atomic mass is 32.1. The Morgan fingerprint density at radius 3 is 2.86 bits per heavy atom. The Morgan fingerprint density at radius 1 is 1.33 bits per heavy atom. The molecule has 0 aromatic carbocycles. The molecular weight excluding hydrogens is 286 g/mol. The van der Waals surface area contributed by atoms with E-state index in [0.717, 1.165) is 23.1 Å². The molecule has 6 heteroatoms. The smallest absolute Gasteiger partial charge is 0.311 e. The Balaban J connectivity index is 2.02. The van der Waals surface area contributed by atoms with E-state index in [2.05, 4.69) is 21.8 Å². The number of ether oxygens (including phenoxy) is 1. The standard InChI is InChI=1S/C15H19N3O2S/c1-3-18(10-12-7-5-6-8-16-12)15-17-13(11-21-15)9-14(19)20-4-2/h5-8,11H,3-4,9-10H2,1-2H3. The zero-order valence-corrected chi connectivity index (χ0v) is 13.1. The molecule has 2 aromatic rings. The topological polar surface area (TPSA) is 55.3 Å². The number of pyridine rings is 1. The highest BCUT2D eigenvalue weighted by Crippen LogP contribution is 2.22. The van der Waals surface area contributed by atoms with E-state index in [1.807, 2.05) is 23.6 Å². The predicted molar refractivity (Wildman–Crippen MR) is 83.4 cm³/mol. The molecule has 0 unspecified atom stereocenters. The first-order valence-corrected chi connectivity index (χ1v) is 7.85. The molecule has 112 valence electrons. The minimum Gasteiger partial charge on any atom is -0.466 e. The van der Waals surface area contributed by atoms with Gasteiger partial charge in [0.15, 0.2) is 5.13 Å². The molecule has 2 aromatic heterocycles. The Morgan fingerprint density at radius 2 is 2.19 bits per heavy atom. The lowest BCUT2D eigenvalue weighted by molar-refractivity contribution is -0.142. The molecule has 0 bridgehead atoms. The van der Waals surface area contributed by atoms with E-state index >= 15 is 0 Å². The lowest BCUT2D eigenvalue weighted by Gasteiger charge is -2.19. The van der Waals surface area contributed by atoms with Crippen molar-refractivity contribution in [3.63, 3.8) is 0 Å². The van der Waals surface area contributed by atoms with Gasteiger partial charge in [0.25, 0.3) is 0 Å². The molecular formula is C15H19N3O2S. The Kier molecular flexibility index (Phi) is 5.68. The van der Waals surface area contributed by atoms with E-state index in [9.17, 15) is 4.79 Å². The van der Waals surface area contributed by atoms with Crippen LogP contribution < -0.4 is 4.90 Å². The molecule has 2 rings (SSSR count). The second-order valence-corrected chi connectivity index (χ2v) is 5.28. The average molecular weight is 305 g/mol. The largest absolute Gasteiger partial charge is 0.466 e. The molecule has 0 N–H and O–H groups in total. The van der Waals surface area contributed by atoms with E-state index in [0.29, 0.717) is 13.2 Å². The van der Waals surface area contributed by atoms with Gasteiger partial charge in [0.1, 0.15) is 0 Å². The van der Waals surface area contributed by atoms with Crippen molar-refractivity contribution < 1.29 is 9.53 Å². The Labute approximate surface area is 128 Å². The number of nitrogens with zero attached hydrogens (tertiary/aromatic N) is 3. The van der Waals surface area contributed by atoms with Gasteiger partial charge in [0.05, 0.1) is 31.0 Å². The van der Waals surface area contributed by atoms with Crippen LogP contribution >= 0.6 is 11.3 Å². The fraction of sp³-hybridized carbons (Fsp3) is 0.400. The summed E-state index contributed by atoms with van der Waals surface area (Å²) in [6, 6.07) is 5.88. The Hall–Kier alpha value is -1.95. The summed E-state index contributed by atoms with van der Waals surface area (Å²) in [5.74, 6) is -0.234. The summed E-state index contributed by atoms with van der Waals surface area (Å²) in [6.45, 7) is 5.83. The molecule has 21 heavy (non-hydrogen) atoms. The molecule has 2 heterocycles. The van der Waals surface area contributed by atoms with Crippen LogP contribution in [0.3, 0.4) is 0 Å². The lowest BCUT2D eigenvalue weighted by atomic mass is 10.3. The van der Waals surface area contributed by atoms with Crippen molar-refractivity contribution in [2.24, 2.45) is 0 Å². The van der Waals surface area contributed by atoms with E-state index in [1.54, 1.807) is 24.5 Å². The summed E-state index contributed by atoms with van der Waals surface area (Å²) in [7, 11) is 0. The van der Waals surface area contributed by atoms with Crippen LogP contribution in [0.5, 0.6) is 0 Å². The van der Waals surface area contributed by atoms with Gasteiger partial charge in [-0.05, 0) is 26.0 Å². The van der Waals surface area contributed by atoms with Gasteiger partial charge in [-0.3, -0.25) is 9.78 Å². The van der Waals surface area contributed by atoms with Gasteiger partial charge in [-0.1, -0.05) is 6.07 Å². The van der Waals surface area contributed by atoms with Gasteiger partial charge in [-0.2, -0.15) is 0 Å². The van der Waals surface area contributed by atoms with Crippen LogP contribution in [-0.2, 0) is 22.5 Å². The molecule has 0 atom stereocenters. The van der Waals surface area contributed by atoms with Crippen LogP contribution in [0.1, 0.15) is 25.2 Å². The van der Waals surface area contributed by atoms with Crippen LogP contribution in [-0.4, -0.2) is 29.1 Å². The predicted octanol–water partition coefficient (Wildman–Crippen LogP) is 2.67. The first-order chi connectivity index (χ1) is 10.2. The third-order valence-electron chi connectivity index (χ3n) is 2.90. The van der Waals surface area contributed by atoms with Crippen molar-refractivity contribution in [2.75, 3.05) is 18.1 Å².